The van der Waals surface area contributed by atoms with Crippen LogP contribution in [0.4, 0.5) is 0 Å². The zero-order chi connectivity index (χ0) is 26.9. The minimum absolute atomic E-state index is 1.17. The molecule has 0 amide bonds. The molecule has 0 aliphatic heterocycles. The maximum Gasteiger partial charge on any atom is 0.109 e. The molecule has 6 aromatic carbocycles. The molecule has 0 N–H and O–H groups in total. The lowest BCUT2D eigenvalue weighted by atomic mass is 10.0. The van der Waals surface area contributed by atoms with Gasteiger partial charge in [0.15, 0.2) is 0 Å². The van der Waals surface area contributed by atoms with E-state index in [1.54, 1.807) is 0 Å². The number of thiophene rings is 1. The Morgan fingerprint density at radius 2 is 0.976 bits per heavy atom. The molecule has 0 unspecified atom stereocenters. The number of nitrogens with zero attached hydrogens (tertiary/aromatic N) is 2. The summed E-state index contributed by atoms with van der Waals surface area (Å²) in [6.45, 7) is 0. The molecule has 2 nitrogen and oxygen atoms in total. The van der Waals surface area contributed by atoms with Crippen LogP contribution in [-0.2, 0) is 0 Å². The van der Waals surface area contributed by atoms with Crippen molar-refractivity contribution >= 4 is 64.3 Å². The fraction of sp³-hybridized carbons (Fsp3) is 0. The van der Waals surface area contributed by atoms with E-state index in [4.69, 9.17) is 0 Å². The molecule has 0 atom stereocenters. The largest absolute Gasteiger partial charge is 0.309 e. The minimum atomic E-state index is 1.17. The Bertz CT molecular complexity index is 2350. The van der Waals surface area contributed by atoms with Crippen LogP contribution in [0.3, 0.4) is 0 Å². The molecule has 0 spiro atoms. The van der Waals surface area contributed by atoms with Crippen molar-refractivity contribution in [1.29, 1.82) is 0 Å². The summed E-state index contributed by atoms with van der Waals surface area (Å²) in [5, 5.41) is 6.54. The third kappa shape index (κ3) is 3.30. The van der Waals surface area contributed by atoms with Crippen molar-refractivity contribution in [2.24, 2.45) is 0 Å². The third-order valence-corrected chi connectivity index (χ3v) is 9.50. The Kier molecular flexibility index (Phi) is 4.80. The summed E-state index contributed by atoms with van der Waals surface area (Å²) in [6.07, 6.45) is 0. The van der Waals surface area contributed by atoms with E-state index in [1.165, 1.54) is 75.5 Å². The van der Waals surface area contributed by atoms with Crippen LogP contribution in [0.25, 0.3) is 75.5 Å². The van der Waals surface area contributed by atoms with Gasteiger partial charge in [-0.2, -0.15) is 0 Å². The van der Waals surface area contributed by atoms with Gasteiger partial charge in [0.2, 0.25) is 0 Å². The van der Waals surface area contributed by atoms with Crippen LogP contribution in [0.15, 0.2) is 146 Å². The molecule has 0 aliphatic rings. The molecule has 3 heteroatoms. The first-order valence-corrected chi connectivity index (χ1v) is 14.8. The average Bonchev–Trinajstić information content (AvgIpc) is 3.68. The van der Waals surface area contributed by atoms with E-state index in [0.717, 1.165) is 0 Å². The second kappa shape index (κ2) is 8.69. The van der Waals surface area contributed by atoms with E-state index in [0.29, 0.717) is 0 Å². The summed E-state index contributed by atoms with van der Waals surface area (Å²) in [6, 6.07) is 52.8. The van der Waals surface area contributed by atoms with Gasteiger partial charge < -0.3 is 9.13 Å². The van der Waals surface area contributed by atoms with Gasteiger partial charge in [0.25, 0.3) is 0 Å². The highest BCUT2D eigenvalue weighted by molar-refractivity contribution is 7.25. The van der Waals surface area contributed by atoms with Gasteiger partial charge in [0.1, 0.15) is 4.83 Å². The smallest absolute Gasteiger partial charge is 0.109 e. The second-order valence-corrected chi connectivity index (χ2v) is 11.6. The molecule has 0 aliphatic carbocycles. The summed E-state index contributed by atoms with van der Waals surface area (Å²) in [5.41, 5.74) is 8.51. The van der Waals surface area contributed by atoms with Crippen LogP contribution in [0.1, 0.15) is 0 Å². The Hall–Kier alpha value is -5.12. The summed E-state index contributed by atoms with van der Waals surface area (Å²) in [4.78, 5) is 1.30. The highest BCUT2D eigenvalue weighted by Gasteiger charge is 2.18. The Morgan fingerprint density at radius 1 is 0.390 bits per heavy atom. The maximum absolute atomic E-state index is 2.44. The van der Waals surface area contributed by atoms with Crippen molar-refractivity contribution in [2.45, 2.75) is 0 Å². The van der Waals surface area contributed by atoms with E-state index < -0.39 is 0 Å². The molecule has 0 bridgehead atoms. The van der Waals surface area contributed by atoms with Gasteiger partial charge in [-0.25, -0.2) is 0 Å². The Balaban J connectivity index is 1.23. The normalized spacial score (nSPS) is 11.9. The van der Waals surface area contributed by atoms with Crippen LogP contribution >= 0.6 is 11.3 Å². The highest BCUT2D eigenvalue weighted by Crippen LogP contribution is 2.43. The lowest BCUT2D eigenvalue weighted by molar-refractivity contribution is 1.18. The number of benzene rings is 6. The van der Waals surface area contributed by atoms with Gasteiger partial charge in [-0.3, -0.25) is 0 Å². The number of aromatic nitrogens is 2. The van der Waals surface area contributed by atoms with Gasteiger partial charge in [0, 0.05) is 43.0 Å². The topological polar surface area (TPSA) is 9.86 Å². The van der Waals surface area contributed by atoms with Gasteiger partial charge in [-0.15, -0.1) is 11.3 Å². The first-order chi connectivity index (χ1) is 20.3. The molecule has 9 aromatic rings. The molecule has 192 valence electrons. The average molecular weight is 541 g/mol. The molecular weight excluding hydrogens is 516 g/mol. The molecule has 0 radical (unpaired) electrons. The van der Waals surface area contributed by atoms with Gasteiger partial charge in [0.05, 0.1) is 16.6 Å². The maximum atomic E-state index is 2.44. The first kappa shape index (κ1) is 22.7. The predicted octanol–water partition coefficient (Wildman–Crippen LogP) is 10.8. The SMILES string of the molecule is c1ccc(-n2c3cc(-c4ccc(-n5c6ccccc6c6ccccc65)cc4)ccc3c3c4ccccc4sc32)cc1. The fourth-order valence-electron chi connectivity index (χ4n) is 6.50. The van der Waals surface area contributed by atoms with E-state index in [1.807, 2.05) is 11.3 Å². The molecule has 41 heavy (non-hydrogen) atoms. The number of para-hydroxylation sites is 3. The lowest BCUT2D eigenvalue weighted by Gasteiger charge is -2.11. The number of hydrogen-bond acceptors (Lipinski definition) is 1. The van der Waals surface area contributed by atoms with E-state index in [-0.39, 0.29) is 0 Å². The van der Waals surface area contributed by atoms with Crippen molar-refractivity contribution in [3.8, 4) is 22.5 Å². The fourth-order valence-corrected chi connectivity index (χ4v) is 7.76. The van der Waals surface area contributed by atoms with Gasteiger partial charge in [-0.1, -0.05) is 97.1 Å². The number of fused-ring (bicyclic) bond motifs is 8. The van der Waals surface area contributed by atoms with E-state index in [2.05, 4.69) is 155 Å². The van der Waals surface area contributed by atoms with Gasteiger partial charge >= 0.3 is 0 Å². The lowest BCUT2D eigenvalue weighted by Crippen LogP contribution is -1.94. The number of rotatable bonds is 3. The van der Waals surface area contributed by atoms with Crippen LogP contribution in [-0.4, -0.2) is 9.13 Å². The first-order valence-electron chi connectivity index (χ1n) is 14.0. The zero-order valence-electron chi connectivity index (χ0n) is 22.2. The van der Waals surface area contributed by atoms with Crippen LogP contribution in [0, 0.1) is 0 Å². The van der Waals surface area contributed by atoms with Crippen molar-refractivity contribution in [1.82, 2.24) is 9.13 Å². The monoisotopic (exact) mass is 540 g/mol. The summed E-state index contributed by atoms with van der Waals surface area (Å²) < 4.78 is 6.14. The summed E-state index contributed by atoms with van der Waals surface area (Å²) in [7, 11) is 0. The molecule has 0 fully saturated rings. The molecule has 9 rings (SSSR count). The van der Waals surface area contributed by atoms with E-state index >= 15 is 0 Å². The Morgan fingerprint density at radius 3 is 1.71 bits per heavy atom. The highest BCUT2D eigenvalue weighted by atomic mass is 32.1. The quantitative estimate of drug-likeness (QED) is 0.211. The zero-order valence-corrected chi connectivity index (χ0v) is 23.0. The minimum Gasteiger partial charge on any atom is -0.309 e. The van der Waals surface area contributed by atoms with Crippen LogP contribution in [0.2, 0.25) is 0 Å². The second-order valence-electron chi connectivity index (χ2n) is 10.6. The predicted molar refractivity (Wildman–Crippen MR) is 176 cm³/mol. The molecule has 0 saturated carbocycles. The summed E-state index contributed by atoms with van der Waals surface area (Å²) >= 11 is 1.87. The molecular formula is C38H24N2S. The van der Waals surface area contributed by atoms with Crippen LogP contribution in [0.5, 0.6) is 0 Å². The van der Waals surface area contributed by atoms with Crippen molar-refractivity contribution in [2.75, 3.05) is 0 Å². The van der Waals surface area contributed by atoms with Crippen molar-refractivity contribution in [3.05, 3.63) is 146 Å². The number of hydrogen-bond donors (Lipinski definition) is 0. The third-order valence-electron chi connectivity index (χ3n) is 8.34. The molecule has 3 aromatic heterocycles. The molecule has 3 heterocycles. The van der Waals surface area contributed by atoms with Crippen LogP contribution < -0.4 is 0 Å². The molecule has 0 saturated heterocycles. The van der Waals surface area contributed by atoms with E-state index in [9.17, 15) is 0 Å². The van der Waals surface area contributed by atoms with Crippen molar-refractivity contribution < 1.29 is 0 Å². The standard InChI is InChI=1S/C38H24N2S/c1-2-10-27(11-3-1)40-35-24-26(20-23-31(35)37-32-14-6-9-17-36(32)41-38(37)40)25-18-21-28(22-19-25)39-33-15-7-4-12-29(33)30-13-5-8-16-34(30)39/h1-24H. The van der Waals surface area contributed by atoms with Crippen molar-refractivity contribution in [3.63, 3.8) is 0 Å². The Labute approximate surface area is 240 Å². The van der Waals surface area contributed by atoms with Gasteiger partial charge in [-0.05, 0) is 59.7 Å². The summed E-state index contributed by atoms with van der Waals surface area (Å²) in [5.74, 6) is 0.